The number of hydrogen-bond donors (Lipinski definition) is 1. The van der Waals surface area contributed by atoms with Crippen LogP contribution in [0.15, 0.2) is 52.3 Å². The number of sulfonamides is 2. The maximum Gasteiger partial charge on any atom is 0.246 e. The van der Waals surface area contributed by atoms with E-state index in [4.69, 9.17) is 14.2 Å². The van der Waals surface area contributed by atoms with Gasteiger partial charge in [0.25, 0.3) is 0 Å². The summed E-state index contributed by atoms with van der Waals surface area (Å²) in [4.78, 5) is 12.5. The molecule has 34 heavy (non-hydrogen) atoms. The molecule has 0 radical (unpaired) electrons. The highest BCUT2D eigenvalue weighted by molar-refractivity contribution is 7.89. The van der Waals surface area contributed by atoms with Crippen LogP contribution in [0.25, 0.3) is 0 Å². The Morgan fingerprint density at radius 3 is 2.26 bits per heavy atom. The van der Waals surface area contributed by atoms with Crippen molar-refractivity contribution in [3.05, 3.63) is 42.5 Å². The molecular formula is C21H27N3O8S2. The van der Waals surface area contributed by atoms with Crippen molar-refractivity contribution in [2.24, 2.45) is 0 Å². The van der Waals surface area contributed by atoms with E-state index in [2.05, 4.69) is 5.32 Å². The number of rotatable bonds is 9. The van der Waals surface area contributed by atoms with Gasteiger partial charge in [0.05, 0.1) is 38.9 Å². The zero-order valence-corrected chi connectivity index (χ0v) is 20.7. The van der Waals surface area contributed by atoms with Gasteiger partial charge < -0.3 is 19.5 Å². The Labute approximate surface area is 199 Å². The summed E-state index contributed by atoms with van der Waals surface area (Å²) in [5.41, 5.74) is 0.188. The van der Waals surface area contributed by atoms with Crippen LogP contribution in [-0.2, 0) is 29.6 Å². The second-order valence-electron chi connectivity index (χ2n) is 7.37. The zero-order valence-electron chi connectivity index (χ0n) is 19.1. The number of nitrogens with one attached hydrogen (secondary N) is 1. The molecule has 0 aromatic heterocycles. The highest BCUT2D eigenvalue weighted by Gasteiger charge is 2.30. The lowest BCUT2D eigenvalue weighted by atomic mass is 10.3. The van der Waals surface area contributed by atoms with Crippen LogP contribution < -0.4 is 14.8 Å². The highest BCUT2D eigenvalue weighted by atomic mass is 32.2. The molecule has 3 rings (SSSR count). The molecular weight excluding hydrogens is 486 g/mol. The molecule has 1 aliphatic heterocycles. The molecule has 1 amide bonds. The number of methoxy groups -OCH3 is 2. The second-order valence-corrected chi connectivity index (χ2v) is 11.3. The Morgan fingerprint density at radius 2 is 1.68 bits per heavy atom. The highest BCUT2D eigenvalue weighted by Crippen LogP contribution is 2.30. The van der Waals surface area contributed by atoms with Gasteiger partial charge in [-0.15, -0.1) is 0 Å². The van der Waals surface area contributed by atoms with Crippen LogP contribution in [0.5, 0.6) is 11.5 Å². The van der Waals surface area contributed by atoms with Gasteiger partial charge in [0, 0.05) is 25.8 Å². The lowest BCUT2D eigenvalue weighted by Gasteiger charge is -2.27. The van der Waals surface area contributed by atoms with E-state index in [0.29, 0.717) is 5.75 Å². The Morgan fingerprint density at radius 1 is 1.03 bits per heavy atom. The summed E-state index contributed by atoms with van der Waals surface area (Å²) in [6, 6.07) is 9.99. The Bertz CT molecular complexity index is 1230. The van der Waals surface area contributed by atoms with E-state index < -0.39 is 32.5 Å². The number of carbonyl (C=O) groups excluding carboxylic acids is 1. The summed E-state index contributed by atoms with van der Waals surface area (Å²) in [7, 11) is -3.72. The van der Waals surface area contributed by atoms with E-state index in [1.54, 1.807) is 0 Å². The van der Waals surface area contributed by atoms with E-state index in [1.165, 1.54) is 68.0 Å². The molecule has 1 fully saturated rings. The fourth-order valence-corrected chi connectivity index (χ4v) is 6.01. The fourth-order valence-electron chi connectivity index (χ4n) is 3.30. The van der Waals surface area contributed by atoms with Gasteiger partial charge >= 0.3 is 0 Å². The van der Waals surface area contributed by atoms with Gasteiger partial charge in [-0.2, -0.15) is 8.61 Å². The van der Waals surface area contributed by atoms with Gasteiger partial charge in [0.1, 0.15) is 16.4 Å². The molecule has 2 aromatic carbocycles. The molecule has 186 valence electrons. The predicted octanol–water partition coefficient (Wildman–Crippen LogP) is 0.984. The summed E-state index contributed by atoms with van der Waals surface area (Å²) < 4.78 is 69.4. The molecule has 1 aliphatic rings. The Balaban J connectivity index is 1.76. The summed E-state index contributed by atoms with van der Waals surface area (Å²) in [5, 5.41) is 2.55. The summed E-state index contributed by atoms with van der Waals surface area (Å²) >= 11 is 0. The topological polar surface area (TPSA) is 132 Å². The number of carbonyl (C=O) groups is 1. The average Bonchev–Trinajstić information content (AvgIpc) is 2.84. The third-order valence-corrected chi connectivity index (χ3v) is 8.91. The lowest BCUT2D eigenvalue weighted by molar-refractivity contribution is -0.116. The Kier molecular flexibility index (Phi) is 8.15. The molecule has 11 nitrogen and oxygen atoms in total. The molecule has 1 heterocycles. The van der Waals surface area contributed by atoms with Crippen molar-refractivity contribution < 1.29 is 35.8 Å². The monoisotopic (exact) mass is 513 g/mol. The summed E-state index contributed by atoms with van der Waals surface area (Å²) in [5.74, 6) is -0.00939. The van der Waals surface area contributed by atoms with Gasteiger partial charge in [-0.1, -0.05) is 0 Å². The minimum atomic E-state index is -3.93. The van der Waals surface area contributed by atoms with E-state index in [0.717, 1.165) is 4.31 Å². The van der Waals surface area contributed by atoms with E-state index in [9.17, 15) is 21.6 Å². The minimum Gasteiger partial charge on any atom is -0.497 e. The average molecular weight is 514 g/mol. The SMILES string of the molecule is COc1ccc(S(=O)(=O)N(C)CC(=O)Nc2ccc(OC)c(S(=O)(=O)N3CCOCC3)c2)cc1. The van der Waals surface area contributed by atoms with Crippen LogP contribution in [0.1, 0.15) is 0 Å². The van der Waals surface area contributed by atoms with Crippen LogP contribution in [0.2, 0.25) is 0 Å². The number of amides is 1. The Hall–Kier alpha value is -2.71. The first-order chi connectivity index (χ1) is 16.1. The van der Waals surface area contributed by atoms with Gasteiger partial charge in [-0.05, 0) is 42.5 Å². The van der Waals surface area contributed by atoms with Crippen LogP contribution in [0, 0.1) is 0 Å². The summed E-state index contributed by atoms with van der Waals surface area (Å²) in [6.07, 6.45) is 0. The van der Waals surface area contributed by atoms with E-state index in [-0.39, 0.29) is 47.5 Å². The van der Waals surface area contributed by atoms with Crippen molar-refractivity contribution in [3.8, 4) is 11.5 Å². The molecule has 0 saturated carbocycles. The predicted molar refractivity (Wildman–Crippen MR) is 124 cm³/mol. The molecule has 1 saturated heterocycles. The first-order valence-corrected chi connectivity index (χ1v) is 13.1. The summed E-state index contributed by atoms with van der Waals surface area (Å²) in [6.45, 7) is 0.498. The van der Waals surface area contributed by atoms with Crippen molar-refractivity contribution in [2.45, 2.75) is 9.79 Å². The van der Waals surface area contributed by atoms with Gasteiger partial charge in [-0.25, -0.2) is 16.8 Å². The zero-order chi connectivity index (χ0) is 24.9. The van der Waals surface area contributed by atoms with Crippen molar-refractivity contribution in [3.63, 3.8) is 0 Å². The van der Waals surface area contributed by atoms with Gasteiger partial charge in [0.2, 0.25) is 26.0 Å². The number of hydrogen-bond acceptors (Lipinski definition) is 8. The number of ether oxygens (including phenoxy) is 3. The molecule has 0 unspecified atom stereocenters. The molecule has 0 aliphatic carbocycles. The van der Waals surface area contributed by atoms with Gasteiger partial charge in [-0.3, -0.25) is 4.79 Å². The lowest BCUT2D eigenvalue weighted by Crippen LogP contribution is -2.40. The molecule has 13 heteroatoms. The number of benzene rings is 2. The quantitative estimate of drug-likeness (QED) is 0.525. The number of likely N-dealkylation sites (N-methyl/N-ethyl adjacent to an activating group) is 1. The molecule has 0 spiro atoms. The maximum atomic E-state index is 13.1. The maximum absolute atomic E-state index is 13.1. The molecule has 0 atom stereocenters. The minimum absolute atomic E-state index is 0.00642. The molecule has 2 aromatic rings. The standard InChI is InChI=1S/C21H27N3O8S2/c1-23(33(26,27)18-7-5-17(30-2)6-8-18)15-21(25)22-16-4-9-19(31-3)20(14-16)34(28,29)24-10-12-32-13-11-24/h4-9,14H,10-13,15H2,1-3H3,(H,22,25). The number of anilines is 1. The fraction of sp³-hybridized carbons (Fsp3) is 0.381. The van der Waals surface area contributed by atoms with Crippen LogP contribution >= 0.6 is 0 Å². The van der Waals surface area contributed by atoms with Crippen LogP contribution in [0.3, 0.4) is 0 Å². The van der Waals surface area contributed by atoms with Crippen molar-refractivity contribution in [1.29, 1.82) is 0 Å². The smallest absolute Gasteiger partial charge is 0.246 e. The number of morpholine rings is 1. The first-order valence-electron chi connectivity index (χ1n) is 10.3. The van der Waals surface area contributed by atoms with E-state index in [1.807, 2.05) is 0 Å². The van der Waals surface area contributed by atoms with Crippen molar-refractivity contribution in [1.82, 2.24) is 8.61 Å². The molecule has 0 bridgehead atoms. The first kappa shape index (κ1) is 25.9. The number of nitrogens with zero attached hydrogens (tertiary/aromatic N) is 2. The normalized spacial score (nSPS) is 15.2. The van der Waals surface area contributed by atoms with Crippen LogP contribution in [0.4, 0.5) is 5.69 Å². The third-order valence-electron chi connectivity index (χ3n) is 5.17. The van der Waals surface area contributed by atoms with Gasteiger partial charge in [0.15, 0.2) is 0 Å². The second kappa shape index (κ2) is 10.7. The van der Waals surface area contributed by atoms with Crippen molar-refractivity contribution in [2.75, 3.05) is 59.4 Å². The van der Waals surface area contributed by atoms with E-state index >= 15 is 0 Å². The third kappa shape index (κ3) is 5.67. The largest absolute Gasteiger partial charge is 0.497 e. The van der Waals surface area contributed by atoms with Crippen LogP contribution in [-0.4, -0.2) is 85.5 Å². The van der Waals surface area contributed by atoms with Crippen molar-refractivity contribution >= 4 is 31.6 Å². The molecule has 1 N–H and O–H groups in total.